The summed E-state index contributed by atoms with van der Waals surface area (Å²) in [5.41, 5.74) is 17.6. The molecule has 0 saturated carbocycles. The summed E-state index contributed by atoms with van der Waals surface area (Å²) in [4.78, 5) is 7.91. The van der Waals surface area contributed by atoms with Crippen LogP contribution in [-0.2, 0) is 0 Å². The minimum atomic E-state index is -3.45. The smallest absolute Gasteiger partial charge is 0.194 e. The van der Waals surface area contributed by atoms with Gasteiger partial charge in [-0.15, -0.1) is 0 Å². The van der Waals surface area contributed by atoms with Crippen molar-refractivity contribution in [2.45, 2.75) is 0 Å². The Labute approximate surface area is 417 Å². The molecular weight excluding hydrogens is 891 g/mol. The number of benzene rings is 11. The van der Waals surface area contributed by atoms with Crippen molar-refractivity contribution in [1.82, 2.24) is 9.13 Å². The van der Waals surface area contributed by atoms with E-state index in [1.54, 1.807) is 0 Å². The van der Waals surface area contributed by atoms with E-state index in [0.29, 0.717) is 0 Å². The van der Waals surface area contributed by atoms with Gasteiger partial charge >= 0.3 is 0 Å². The largest absolute Gasteiger partial charge is 0.310 e. The molecule has 0 radical (unpaired) electrons. The van der Waals surface area contributed by atoms with Crippen LogP contribution in [0.25, 0.3) is 55.0 Å². The van der Waals surface area contributed by atoms with Crippen LogP contribution in [0.4, 0.5) is 51.2 Å². The zero-order valence-corrected chi connectivity index (χ0v) is 40.1. The molecule has 5 nitrogen and oxygen atoms in total. The molecule has 3 aliphatic heterocycles. The molecular formula is C66H43N5Si. The molecule has 72 heavy (non-hydrogen) atoms. The number of para-hydroxylation sites is 7. The summed E-state index contributed by atoms with van der Waals surface area (Å²) in [5, 5.41) is 10.5. The summed E-state index contributed by atoms with van der Waals surface area (Å²) in [5.74, 6) is 0. The van der Waals surface area contributed by atoms with Gasteiger partial charge in [-0.05, 0) is 102 Å². The maximum Gasteiger partial charge on any atom is 0.194 e. The van der Waals surface area contributed by atoms with Crippen molar-refractivity contribution >= 4 is 124 Å². The molecule has 0 spiro atoms. The highest BCUT2D eigenvalue weighted by Crippen LogP contribution is 2.58. The lowest BCUT2D eigenvalue weighted by molar-refractivity contribution is 1.17. The van der Waals surface area contributed by atoms with E-state index in [1.165, 1.54) is 98.5 Å². The zero-order valence-electron chi connectivity index (χ0n) is 39.1. The van der Waals surface area contributed by atoms with Crippen LogP contribution in [0, 0.1) is 0 Å². The third-order valence-corrected chi connectivity index (χ3v) is 20.6. The van der Waals surface area contributed by atoms with E-state index in [9.17, 15) is 0 Å². The number of nitrogens with zero attached hydrogens (tertiary/aromatic N) is 5. The minimum absolute atomic E-state index is 1.12. The van der Waals surface area contributed by atoms with Gasteiger partial charge in [0.15, 0.2) is 8.07 Å². The Hall–Kier alpha value is -9.36. The lowest BCUT2D eigenvalue weighted by Crippen LogP contribution is -2.81. The Bertz CT molecular complexity index is 4090. The molecule has 0 N–H and O–H groups in total. The van der Waals surface area contributed by atoms with E-state index in [4.69, 9.17) is 0 Å². The Morgan fingerprint density at radius 3 is 1.01 bits per heavy atom. The molecule has 3 aliphatic rings. The number of anilines is 9. The van der Waals surface area contributed by atoms with Crippen LogP contribution >= 0.6 is 0 Å². The first-order chi connectivity index (χ1) is 35.8. The van der Waals surface area contributed by atoms with Gasteiger partial charge in [0.05, 0.1) is 44.8 Å². The SMILES string of the molecule is c1ccc(N2c3cccc4c3[Si]3(c5ccccc5)c5c2cc2c(c5N(c5ccccc5)c5c3c(cc3c5c5ccccc5n3-c3ccccc3)N4c3ccccc3)c3ccccc3n2-c2ccccc2)cc1. The van der Waals surface area contributed by atoms with E-state index in [-0.39, 0.29) is 0 Å². The third kappa shape index (κ3) is 5.05. The van der Waals surface area contributed by atoms with Crippen molar-refractivity contribution in [2.75, 3.05) is 14.7 Å². The number of hydrogen-bond acceptors (Lipinski definition) is 3. The second-order valence-corrected chi connectivity index (χ2v) is 22.8. The van der Waals surface area contributed by atoms with Gasteiger partial charge in [-0.1, -0.05) is 164 Å². The van der Waals surface area contributed by atoms with Crippen molar-refractivity contribution in [3.63, 3.8) is 0 Å². The topological polar surface area (TPSA) is 19.6 Å². The minimum Gasteiger partial charge on any atom is -0.310 e. The van der Waals surface area contributed by atoms with Crippen molar-refractivity contribution in [3.05, 3.63) is 261 Å². The Kier molecular flexibility index (Phi) is 8.13. The summed E-state index contributed by atoms with van der Waals surface area (Å²) < 4.78 is 5.02. The number of aromatic nitrogens is 2. The second kappa shape index (κ2) is 14.8. The van der Waals surface area contributed by atoms with Crippen LogP contribution < -0.4 is 35.4 Å². The maximum absolute atomic E-state index is 3.45. The first-order valence-corrected chi connectivity index (χ1v) is 26.9. The van der Waals surface area contributed by atoms with Gasteiger partial charge in [-0.3, -0.25) is 0 Å². The first-order valence-electron chi connectivity index (χ1n) is 24.9. The van der Waals surface area contributed by atoms with Crippen molar-refractivity contribution < 1.29 is 0 Å². The molecule has 0 aliphatic carbocycles. The monoisotopic (exact) mass is 933 g/mol. The van der Waals surface area contributed by atoms with Crippen LogP contribution in [0.1, 0.15) is 0 Å². The molecule has 336 valence electrons. The fourth-order valence-electron chi connectivity index (χ4n) is 13.1. The Morgan fingerprint density at radius 1 is 0.250 bits per heavy atom. The van der Waals surface area contributed by atoms with Gasteiger partial charge in [-0.2, -0.15) is 0 Å². The molecule has 0 unspecified atom stereocenters. The highest BCUT2D eigenvalue weighted by molar-refractivity contribution is 7.24. The van der Waals surface area contributed by atoms with Crippen LogP contribution in [0.2, 0.25) is 0 Å². The average Bonchev–Trinajstić information content (AvgIpc) is 3.97. The quantitative estimate of drug-likeness (QED) is 0.155. The van der Waals surface area contributed by atoms with E-state index < -0.39 is 8.07 Å². The molecule has 11 aromatic carbocycles. The summed E-state index contributed by atoms with van der Waals surface area (Å²) >= 11 is 0. The number of fused-ring (bicyclic) bond motifs is 8. The van der Waals surface area contributed by atoms with Crippen molar-refractivity contribution in [1.29, 1.82) is 0 Å². The predicted octanol–water partition coefficient (Wildman–Crippen LogP) is 14.6. The van der Waals surface area contributed by atoms with Gasteiger partial charge < -0.3 is 23.8 Å². The van der Waals surface area contributed by atoms with E-state index >= 15 is 0 Å². The van der Waals surface area contributed by atoms with E-state index in [0.717, 1.165) is 28.4 Å². The van der Waals surface area contributed by atoms with Crippen LogP contribution in [0.15, 0.2) is 261 Å². The lowest BCUT2D eigenvalue weighted by atomic mass is 10.0. The van der Waals surface area contributed by atoms with Crippen LogP contribution in [0.5, 0.6) is 0 Å². The van der Waals surface area contributed by atoms with Crippen LogP contribution in [0.3, 0.4) is 0 Å². The van der Waals surface area contributed by atoms with Gasteiger partial charge in [0.1, 0.15) is 0 Å². The number of rotatable bonds is 6. The molecule has 2 aromatic heterocycles. The standard InChI is InChI=1S/C66H43N5Si/c1-7-24-44(25-8-1)67-52-38-21-19-36-50(52)60-56(67)42-58-65-62(60)71(48-32-15-5-16-33-48)63-61-51-37-20-22-39-53(51)68(45-26-9-2-10-27-45)57(61)43-59-66(63)72(65,49-34-17-6-18-35-49)64-54(69(58)46-28-11-3-12-29-46)40-23-41-55(64)70(59)47-30-13-4-14-31-47/h1-43H. The molecule has 13 aromatic rings. The predicted molar refractivity (Wildman–Crippen MR) is 303 cm³/mol. The molecule has 0 saturated heterocycles. The Morgan fingerprint density at radius 2 is 0.597 bits per heavy atom. The Balaban J connectivity index is 1.24. The van der Waals surface area contributed by atoms with E-state index in [2.05, 4.69) is 285 Å². The summed E-state index contributed by atoms with van der Waals surface area (Å²) in [6.07, 6.45) is 0. The molecule has 6 heteroatoms. The van der Waals surface area contributed by atoms with Gasteiger partial charge in [0.2, 0.25) is 0 Å². The van der Waals surface area contributed by atoms with E-state index in [1.807, 2.05) is 0 Å². The highest BCUT2D eigenvalue weighted by Gasteiger charge is 2.61. The highest BCUT2D eigenvalue weighted by atomic mass is 28.3. The molecule has 0 fully saturated rings. The zero-order chi connectivity index (χ0) is 47.1. The number of hydrogen-bond donors (Lipinski definition) is 0. The fraction of sp³-hybridized carbons (Fsp3) is 0. The van der Waals surface area contributed by atoms with Crippen LogP contribution in [-0.4, -0.2) is 17.2 Å². The lowest BCUT2D eigenvalue weighted by Gasteiger charge is -2.55. The van der Waals surface area contributed by atoms with Crippen molar-refractivity contribution in [2.24, 2.45) is 0 Å². The summed E-state index contributed by atoms with van der Waals surface area (Å²) in [6.45, 7) is 0. The van der Waals surface area contributed by atoms with Crippen molar-refractivity contribution in [3.8, 4) is 11.4 Å². The molecule has 16 rings (SSSR count). The second-order valence-electron chi connectivity index (χ2n) is 19.2. The normalized spacial score (nSPS) is 13.9. The third-order valence-electron chi connectivity index (χ3n) is 15.7. The maximum atomic E-state index is 2.71. The van der Waals surface area contributed by atoms with Gasteiger partial charge in [0.25, 0.3) is 0 Å². The molecule has 0 bridgehead atoms. The van der Waals surface area contributed by atoms with Gasteiger partial charge in [-0.25, -0.2) is 0 Å². The molecule has 5 heterocycles. The summed E-state index contributed by atoms with van der Waals surface area (Å²) in [7, 11) is -3.45. The molecule has 0 amide bonds. The molecule has 0 atom stereocenters. The van der Waals surface area contributed by atoms with Gasteiger partial charge in [0, 0.05) is 76.9 Å². The average molecular weight is 934 g/mol. The first kappa shape index (κ1) is 39.5. The fourth-order valence-corrected chi connectivity index (χ4v) is 18.9. The summed E-state index contributed by atoms with van der Waals surface area (Å²) in [6, 6.07) is 97.4.